The van der Waals surface area contributed by atoms with Crippen LogP contribution in [0, 0.1) is 0 Å². The summed E-state index contributed by atoms with van der Waals surface area (Å²) in [6, 6.07) is 16.0. The number of aromatic nitrogens is 3. The lowest BCUT2D eigenvalue weighted by atomic mass is 9.83. The number of piperidine rings is 1. The molecule has 1 aromatic carbocycles. The predicted octanol–water partition coefficient (Wildman–Crippen LogP) is 5.31. The summed E-state index contributed by atoms with van der Waals surface area (Å²) in [7, 11) is 0. The van der Waals surface area contributed by atoms with Gasteiger partial charge in [0.15, 0.2) is 0 Å². The molecule has 3 N–H and O–H groups in total. The number of imidazole rings is 1. The van der Waals surface area contributed by atoms with Gasteiger partial charge in [0, 0.05) is 32.4 Å². The number of benzene rings is 1. The summed E-state index contributed by atoms with van der Waals surface area (Å²) < 4.78 is 97.6. The van der Waals surface area contributed by atoms with E-state index in [1.807, 2.05) is 29.3 Å². The molecule has 0 saturated carbocycles. The lowest BCUT2D eigenvalue weighted by molar-refractivity contribution is -0.193. The van der Waals surface area contributed by atoms with Crippen LogP contribution in [0.5, 0.6) is 0 Å². The van der Waals surface area contributed by atoms with Gasteiger partial charge in [-0.25, -0.2) is 19.4 Å². The molecule has 12 nitrogen and oxygen atoms in total. The lowest BCUT2D eigenvalue weighted by Gasteiger charge is -2.50. The highest BCUT2D eigenvalue weighted by molar-refractivity contribution is 5.92. The molecule has 280 valence electrons. The van der Waals surface area contributed by atoms with Gasteiger partial charge in [-0.3, -0.25) is 14.7 Å². The molecule has 51 heavy (non-hydrogen) atoms. The maximum atomic E-state index is 12.9. The maximum Gasteiger partial charge on any atom is 0.490 e. The van der Waals surface area contributed by atoms with Crippen LogP contribution in [-0.4, -0.2) is 108 Å². The van der Waals surface area contributed by atoms with Crippen molar-refractivity contribution in [2.24, 2.45) is 0 Å². The van der Waals surface area contributed by atoms with Gasteiger partial charge in [0.1, 0.15) is 11.5 Å². The SMILES string of the molecule is CCN1CCn2c(-c3ccccc3)cnc2C12CCN(C(=O)c1ccccn1)CC2.O=C(O)C(F)(F)F.O=C(O)C(F)(F)F.O=C(O)C(F)(F)F. The number of likely N-dealkylation sites (tertiary alicyclic amines) is 1. The van der Waals surface area contributed by atoms with Crippen LogP contribution in [0.3, 0.4) is 0 Å². The highest BCUT2D eigenvalue weighted by Gasteiger charge is 2.47. The second-order valence-corrected chi connectivity index (χ2v) is 10.5. The minimum atomic E-state index is -5.08. The molecule has 4 heterocycles. The van der Waals surface area contributed by atoms with E-state index in [0.717, 1.165) is 51.4 Å². The number of carbonyl (C=O) groups excluding carboxylic acids is 1. The monoisotopic (exact) mass is 743 g/mol. The van der Waals surface area contributed by atoms with E-state index in [4.69, 9.17) is 34.7 Å². The third-order valence-electron chi connectivity index (χ3n) is 7.41. The molecule has 21 heteroatoms. The number of rotatable bonds is 3. The molecule has 2 aliphatic rings. The molecule has 1 spiro atoms. The van der Waals surface area contributed by atoms with Crippen LogP contribution in [0.4, 0.5) is 39.5 Å². The molecule has 1 fully saturated rings. The normalized spacial score (nSPS) is 15.5. The molecule has 2 aromatic heterocycles. The quantitative estimate of drug-likeness (QED) is 0.299. The predicted molar refractivity (Wildman–Crippen MR) is 157 cm³/mol. The average Bonchev–Trinajstić information content (AvgIpc) is 3.51. The summed E-state index contributed by atoms with van der Waals surface area (Å²) >= 11 is 0. The van der Waals surface area contributed by atoms with Crippen molar-refractivity contribution < 1.29 is 74.0 Å². The summed E-state index contributed by atoms with van der Waals surface area (Å²) in [5, 5.41) is 21.4. The van der Waals surface area contributed by atoms with Crippen LogP contribution in [0.1, 0.15) is 36.1 Å². The average molecular weight is 744 g/mol. The first-order valence-corrected chi connectivity index (χ1v) is 14.5. The highest BCUT2D eigenvalue weighted by atomic mass is 19.4. The Morgan fingerprint density at radius 1 is 0.706 bits per heavy atom. The first-order valence-electron chi connectivity index (χ1n) is 14.5. The Morgan fingerprint density at radius 2 is 1.18 bits per heavy atom. The van der Waals surface area contributed by atoms with E-state index in [1.54, 1.807) is 12.3 Å². The van der Waals surface area contributed by atoms with Crippen molar-refractivity contribution in [3.63, 3.8) is 0 Å². The Bertz CT molecular complexity index is 1570. The van der Waals surface area contributed by atoms with Gasteiger partial charge in [-0.2, -0.15) is 39.5 Å². The van der Waals surface area contributed by atoms with Gasteiger partial charge in [-0.1, -0.05) is 43.3 Å². The minimum absolute atomic E-state index is 0.0256. The van der Waals surface area contributed by atoms with Crippen molar-refractivity contribution in [2.45, 2.75) is 50.4 Å². The number of aliphatic carboxylic acids is 3. The third kappa shape index (κ3) is 11.4. The number of carbonyl (C=O) groups is 4. The van der Waals surface area contributed by atoms with Crippen molar-refractivity contribution in [1.82, 2.24) is 24.3 Å². The number of fused-ring (bicyclic) bond motifs is 2. The zero-order chi connectivity index (χ0) is 38.8. The van der Waals surface area contributed by atoms with E-state index in [9.17, 15) is 44.3 Å². The molecule has 3 aromatic rings. The van der Waals surface area contributed by atoms with Gasteiger partial charge in [0.2, 0.25) is 0 Å². The van der Waals surface area contributed by atoms with Crippen molar-refractivity contribution in [1.29, 1.82) is 0 Å². The molecular weight excluding hydrogens is 713 g/mol. The zero-order valence-electron chi connectivity index (χ0n) is 26.3. The summed E-state index contributed by atoms with van der Waals surface area (Å²) in [4.78, 5) is 53.3. The summed E-state index contributed by atoms with van der Waals surface area (Å²) in [5.41, 5.74) is 2.81. The van der Waals surface area contributed by atoms with Crippen LogP contribution in [0.25, 0.3) is 11.3 Å². The highest BCUT2D eigenvalue weighted by Crippen LogP contribution is 2.42. The Morgan fingerprint density at radius 3 is 1.59 bits per heavy atom. The van der Waals surface area contributed by atoms with Crippen molar-refractivity contribution in [2.75, 3.05) is 26.2 Å². The number of hydrogen-bond donors (Lipinski definition) is 3. The van der Waals surface area contributed by atoms with E-state index in [-0.39, 0.29) is 11.4 Å². The van der Waals surface area contributed by atoms with Gasteiger partial charge in [0.25, 0.3) is 5.91 Å². The molecule has 1 amide bonds. The van der Waals surface area contributed by atoms with Gasteiger partial charge in [0.05, 0.1) is 17.4 Å². The zero-order valence-corrected chi connectivity index (χ0v) is 26.3. The number of nitrogens with zero attached hydrogens (tertiary/aromatic N) is 5. The smallest absolute Gasteiger partial charge is 0.475 e. The number of likely N-dealkylation sites (N-methyl/N-ethyl adjacent to an activating group) is 1. The molecular formula is C30H30F9N5O7. The fourth-order valence-electron chi connectivity index (χ4n) is 5.12. The molecule has 0 unspecified atom stereocenters. The molecule has 0 radical (unpaired) electrons. The first-order chi connectivity index (χ1) is 23.6. The molecule has 0 aliphatic carbocycles. The molecule has 2 aliphatic heterocycles. The van der Waals surface area contributed by atoms with Crippen molar-refractivity contribution in [3.05, 3.63) is 72.4 Å². The largest absolute Gasteiger partial charge is 0.490 e. The Balaban J connectivity index is 0.000000352. The van der Waals surface area contributed by atoms with Crippen LogP contribution in [0.2, 0.25) is 0 Å². The van der Waals surface area contributed by atoms with Crippen molar-refractivity contribution >= 4 is 23.8 Å². The Hall–Kier alpha value is -5.21. The molecule has 0 bridgehead atoms. The van der Waals surface area contributed by atoms with Gasteiger partial charge >= 0.3 is 36.4 Å². The fraction of sp³-hybridized carbons (Fsp3) is 0.400. The standard InChI is InChI=1S/C24H27N5O.3C2HF3O2/c1-2-28-16-17-29-21(19-8-4-3-5-9-19)18-26-23(29)24(28)11-14-27(15-12-24)22(30)20-10-6-7-13-25-20;3*3-2(4,5)1(6)7/h3-10,13,18H,2,11-12,14-17H2,1H3;3*(H,6,7). The number of carboxylic acid groups (broad SMARTS) is 3. The number of amides is 1. The Labute approximate surface area is 282 Å². The second kappa shape index (κ2) is 17.1. The van der Waals surface area contributed by atoms with Gasteiger partial charge < -0.3 is 24.8 Å². The first kappa shape index (κ1) is 42.0. The van der Waals surface area contributed by atoms with Gasteiger partial charge in [-0.05, 0) is 37.1 Å². The number of hydrogen-bond acceptors (Lipinski definition) is 7. The number of pyridine rings is 1. The maximum absolute atomic E-state index is 12.9. The second-order valence-electron chi connectivity index (χ2n) is 10.5. The van der Waals surface area contributed by atoms with Crippen LogP contribution >= 0.6 is 0 Å². The summed E-state index contributed by atoms with van der Waals surface area (Å²) in [6.45, 7) is 6.62. The van der Waals surface area contributed by atoms with E-state index < -0.39 is 36.4 Å². The minimum Gasteiger partial charge on any atom is -0.475 e. The number of alkyl halides is 9. The van der Waals surface area contributed by atoms with Crippen molar-refractivity contribution in [3.8, 4) is 11.3 Å². The summed E-state index contributed by atoms with van der Waals surface area (Å²) in [6.07, 6.45) is -9.76. The van der Waals surface area contributed by atoms with Crippen LogP contribution in [0.15, 0.2) is 60.9 Å². The van der Waals surface area contributed by atoms with E-state index >= 15 is 0 Å². The third-order valence-corrected chi connectivity index (χ3v) is 7.41. The van der Waals surface area contributed by atoms with E-state index in [1.165, 1.54) is 11.3 Å². The summed E-state index contributed by atoms with van der Waals surface area (Å²) in [5.74, 6) is -7.09. The molecule has 5 rings (SSSR count). The molecule has 1 saturated heterocycles. The lowest BCUT2D eigenvalue weighted by Crippen LogP contribution is -2.58. The fourth-order valence-corrected chi connectivity index (χ4v) is 5.12. The van der Waals surface area contributed by atoms with Crippen LogP contribution in [-0.2, 0) is 26.5 Å². The van der Waals surface area contributed by atoms with E-state index in [2.05, 4.69) is 45.6 Å². The number of carboxylic acids is 3. The number of halogens is 9. The molecule has 0 atom stereocenters. The topological polar surface area (TPSA) is 166 Å². The Kier molecular flexibility index (Phi) is 14.1. The van der Waals surface area contributed by atoms with Gasteiger partial charge in [-0.15, -0.1) is 0 Å². The van der Waals surface area contributed by atoms with E-state index in [0.29, 0.717) is 5.69 Å². The van der Waals surface area contributed by atoms with Crippen LogP contribution < -0.4 is 0 Å².